The van der Waals surface area contributed by atoms with Crippen LogP contribution in [-0.2, 0) is 10.4 Å². The van der Waals surface area contributed by atoms with Crippen LogP contribution in [0, 0.1) is 10.8 Å². The highest BCUT2D eigenvalue weighted by atomic mass is 32.3. The molecule has 0 aliphatic carbocycles. The van der Waals surface area contributed by atoms with Gasteiger partial charge in [0.05, 0.1) is 0 Å². The van der Waals surface area contributed by atoms with Crippen LogP contribution in [0.4, 0.5) is 0 Å². The summed E-state index contributed by atoms with van der Waals surface area (Å²) in [6.45, 7) is 0. The van der Waals surface area contributed by atoms with Gasteiger partial charge in [-0.3, -0.25) is 8.42 Å². The first-order chi connectivity index (χ1) is 6.54. The molecule has 0 amide bonds. The van der Waals surface area contributed by atoms with Crippen molar-refractivity contribution in [2.75, 3.05) is 0 Å². The van der Waals surface area contributed by atoms with Crippen LogP contribution in [0.15, 0.2) is 0 Å². The standard InChI is InChI=1S/2CH5N3O.H2O4S/c2*2-1(3)4-5;1-5(2,3)4/h2*5H,(H4,2,3,4);(H2,1,2,3,4). The average Bonchev–Trinajstić information content (AvgIpc) is 2.02. The molecule has 0 fully saturated rings. The summed E-state index contributed by atoms with van der Waals surface area (Å²) in [5.74, 6) is -0.630. The second-order valence-corrected chi connectivity index (χ2v) is 2.39. The molecule has 0 heterocycles. The Hall–Kier alpha value is -1.35. The minimum absolute atomic E-state index is 0.315. The third-order valence-electron chi connectivity index (χ3n) is 0.278. The van der Waals surface area contributed by atoms with Crippen molar-refractivity contribution in [3.05, 3.63) is 0 Å². The van der Waals surface area contributed by atoms with E-state index < -0.39 is 10.4 Å². The number of quaternary nitrogens is 2. The molecule has 0 spiro atoms. The van der Waals surface area contributed by atoms with Crippen LogP contribution in [0.5, 0.6) is 0 Å². The van der Waals surface area contributed by atoms with Gasteiger partial charge in [0, 0.05) is 10.4 Å². The molecule has 0 aromatic rings. The summed E-state index contributed by atoms with van der Waals surface area (Å²) in [6, 6.07) is 0. The summed E-state index contributed by atoms with van der Waals surface area (Å²) >= 11 is 0. The molecule has 0 unspecified atom stereocenters. The summed E-state index contributed by atoms with van der Waals surface area (Å²) in [5, 5.41) is 27.8. The van der Waals surface area contributed by atoms with Crippen LogP contribution in [-0.4, -0.2) is 39.9 Å². The quantitative estimate of drug-likeness (QED) is 0.0671. The molecule has 0 aliphatic rings. The number of nitrogens with one attached hydrogen (secondary N) is 2. The highest BCUT2D eigenvalue weighted by molar-refractivity contribution is 7.79. The van der Waals surface area contributed by atoms with Gasteiger partial charge in [0.15, 0.2) is 0 Å². The molecule has 0 aliphatic heterocycles. The number of hydrogen-bond acceptors (Lipinski definition) is 8. The summed E-state index contributed by atoms with van der Waals surface area (Å²) < 4.78 is 34.1. The van der Waals surface area contributed by atoms with Gasteiger partial charge in [-0.15, -0.1) is 11.0 Å². The van der Waals surface area contributed by atoms with Crippen molar-refractivity contribution in [1.29, 1.82) is 10.8 Å². The predicted molar refractivity (Wildman–Crippen MR) is 41.7 cm³/mol. The van der Waals surface area contributed by atoms with Crippen molar-refractivity contribution >= 4 is 22.3 Å². The Balaban J connectivity index is -0.000000144. The van der Waals surface area contributed by atoms with Gasteiger partial charge in [0.2, 0.25) is 0 Å². The Morgan fingerprint density at radius 1 is 1.07 bits per heavy atom. The van der Waals surface area contributed by atoms with Gasteiger partial charge in [-0.2, -0.15) is 0 Å². The molecule has 13 heteroatoms. The van der Waals surface area contributed by atoms with E-state index in [9.17, 15) is 0 Å². The number of guanidine groups is 2. The van der Waals surface area contributed by atoms with Gasteiger partial charge in [-0.1, -0.05) is 0 Å². The maximum absolute atomic E-state index is 8.52. The first kappa shape index (κ1) is 19.3. The molecule has 0 bridgehead atoms. The van der Waals surface area contributed by atoms with Crippen LogP contribution in [0.3, 0.4) is 0 Å². The van der Waals surface area contributed by atoms with Gasteiger partial charge in [0.25, 0.3) is 0 Å². The van der Waals surface area contributed by atoms with Gasteiger partial charge < -0.3 is 20.6 Å². The summed E-state index contributed by atoms with van der Waals surface area (Å²) in [4.78, 5) is 0. The number of hydrogen-bond donors (Lipinski definition) is 8. The van der Waals surface area contributed by atoms with Crippen LogP contribution in [0.2, 0.25) is 0 Å². The van der Waals surface area contributed by atoms with E-state index in [2.05, 4.69) is 11.5 Å². The van der Waals surface area contributed by atoms with Gasteiger partial charge in [0.1, 0.15) is 0 Å². The molecule has 0 aromatic carbocycles. The highest BCUT2D eigenvalue weighted by Crippen LogP contribution is 1.57. The van der Waals surface area contributed by atoms with Gasteiger partial charge >= 0.3 is 11.9 Å². The maximum atomic E-state index is 8.52. The first-order valence-corrected chi connectivity index (χ1v) is 4.17. The van der Waals surface area contributed by atoms with Crippen molar-refractivity contribution in [2.45, 2.75) is 0 Å². The van der Waals surface area contributed by atoms with Crippen LogP contribution in [0.1, 0.15) is 0 Å². The lowest BCUT2D eigenvalue weighted by molar-refractivity contribution is -0.803. The van der Waals surface area contributed by atoms with Gasteiger partial charge in [-0.05, 0) is 0 Å². The molecule has 15 heavy (non-hydrogen) atoms. The summed E-state index contributed by atoms with van der Waals surface area (Å²) in [7, 11) is -5.17. The van der Waals surface area contributed by atoms with E-state index in [4.69, 9.17) is 38.8 Å². The molecule has 12 nitrogen and oxygen atoms in total. The lowest BCUT2D eigenvalue weighted by Crippen LogP contribution is -2.87. The normalized spacial score (nSPS) is 8.80. The summed E-state index contributed by atoms with van der Waals surface area (Å²) in [5.41, 5.74) is 10.2. The topological polar surface area (TPSA) is 254 Å². The van der Waals surface area contributed by atoms with Crippen LogP contribution in [0.25, 0.3) is 0 Å². The zero-order valence-electron chi connectivity index (χ0n) is 7.25. The molecule has 0 saturated carbocycles. The number of hydroxylamine groups is 2. The molecular weight excluding hydrogens is 236 g/mol. The van der Waals surface area contributed by atoms with E-state index in [0.717, 1.165) is 0 Å². The van der Waals surface area contributed by atoms with Crippen LogP contribution >= 0.6 is 0 Å². The third-order valence-corrected chi connectivity index (χ3v) is 0.278. The monoisotopic (exact) mass is 248 g/mol. The largest absolute Gasteiger partial charge is 0.759 e. The highest BCUT2D eigenvalue weighted by Gasteiger charge is 1.77. The lowest BCUT2D eigenvalue weighted by atomic mass is 11.1. The maximum Gasteiger partial charge on any atom is 0.321 e. The third kappa shape index (κ3) is 204. The smallest absolute Gasteiger partial charge is 0.321 e. The Labute approximate surface area is 84.4 Å². The van der Waals surface area contributed by atoms with Crippen molar-refractivity contribution in [3.63, 3.8) is 0 Å². The van der Waals surface area contributed by atoms with E-state index in [1.807, 2.05) is 0 Å². The molecule has 0 saturated heterocycles. The van der Waals surface area contributed by atoms with Crippen LogP contribution < -0.4 is 22.4 Å². The minimum atomic E-state index is -5.17. The first-order valence-electron chi connectivity index (χ1n) is 2.84. The van der Waals surface area contributed by atoms with Crippen molar-refractivity contribution < 1.29 is 38.9 Å². The van der Waals surface area contributed by atoms with Gasteiger partial charge in [-0.25, -0.2) is 21.2 Å². The Morgan fingerprint density at radius 3 is 1.13 bits per heavy atom. The van der Waals surface area contributed by atoms with E-state index in [-0.39, 0.29) is 11.9 Å². The molecule has 92 valence electrons. The van der Waals surface area contributed by atoms with E-state index in [1.165, 1.54) is 0 Å². The fourth-order valence-electron chi connectivity index (χ4n) is 0. The Bertz CT molecular complexity index is 251. The Kier molecular flexibility index (Phi) is 13.8. The van der Waals surface area contributed by atoms with Crippen molar-refractivity contribution in [1.82, 2.24) is 0 Å². The fourth-order valence-corrected chi connectivity index (χ4v) is 0. The zero-order valence-corrected chi connectivity index (χ0v) is 8.06. The molecular formula is C2H12N6O6S. The van der Waals surface area contributed by atoms with E-state index >= 15 is 0 Å². The molecule has 12 N–H and O–H groups in total. The lowest BCUT2D eigenvalue weighted by Gasteiger charge is -2.06. The molecule has 0 aromatic heterocycles. The fraction of sp³-hybridized carbons (Fsp3) is 0. The second-order valence-electron chi connectivity index (χ2n) is 1.58. The second kappa shape index (κ2) is 10.7. The number of rotatable bonds is 0. The predicted octanol–water partition coefficient (Wildman–Crippen LogP) is -5.67. The van der Waals surface area contributed by atoms with E-state index in [1.54, 1.807) is 0 Å². The molecule has 0 rings (SSSR count). The molecule has 0 radical (unpaired) electrons. The average molecular weight is 248 g/mol. The molecule has 0 atom stereocenters. The SMILES string of the molecule is N=C(N)[NH2+]O.N=C(N)[NH2+]O.O=S(=O)([O-])[O-]. The van der Waals surface area contributed by atoms with Crippen molar-refractivity contribution in [2.24, 2.45) is 11.5 Å². The zero-order chi connectivity index (χ0) is 13.1. The number of nitrogens with two attached hydrogens (primary N) is 4. The van der Waals surface area contributed by atoms with E-state index in [0.29, 0.717) is 11.0 Å². The minimum Gasteiger partial charge on any atom is -0.759 e. The Morgan fingerprint density at radius 2 is 1.13 bits per heavy atom. The van der Waals surface area contributed by atoms with Crippen molar-refractivity contribution in [3.8, 4) is 0 Å². The summed E-state index contributed by atoms with van der Waals surface area (Å²) in [6.07, 6.45) is 0.